The molecule has 0 spiro atoms. The number of benzene rings is 1. The second-order valence-corrected chi connectivity index (χ2v) is 4.80. The predicted molar refractivity (Wildman–Crippen MR) is 80.5 cm³/mol. The Bertz CT molecular complexity index is 552. The number of rotatable bonds is 5. The first-order valence-corrected chi connectivity index (χ1v) is 6.65. The summed E-state index contributed by atoms with van der Waals surface area (Å²) in [5.74, 6) is -0.0513. The van der Waals surface area contributed by atoms with Crippen molar-refractivity contribution in [3.05, 3.63) is 59.9 Å². The van der Waals surface area contributed by atoms with E-state index < -0.39 is 0 Å². The molecule has 1 heterocycles. The van der Waals surface area contributed by atoms with Crippen molar-refractivity contribution in [2.75, 3.05) is 11.9 Å². The minimum Gasteiger partial charge on any atom is -0.325 e. The number of carbonyl (C=O) groups excluding carboxylic acids is 1. The van der Waals surface area contributed by atoms with Crippen molar-refractivity contribution in [2.45, 2.75) is 19.9 Å². The highest BCUT2D eigenvalue weighted by Gasteiger charge is 2.07. The number of pyridine rings is 1. The van der Waals surface area contributed by atoms with Gasteiger partial charge in [-0.05, 0) is 37.6 Å². The van der Waals surface area contributed by atoms with Crippen LogP contribution in [0, 0.1) is 6.92 Å². The summed E-state index contributed by atoms with van der Waals surface area (Å²) in [7, 11) is 0. The molecule has 0 saturated heterocycles. The summed E-state index contributed by atoms with van der Waals surface area (Å²) < 4.78 is 0. The first kappa shape index (κ1) is 14.2. The zero-order valence-corrected chi connectivity index (χ0v) is 11.8. The van der Waals surface area contributed by atoms with Gasteiger partial charge < -0.3 is 10.6 Å². The molecule has 0 radical (unpaired) electrons. The predicted octanol–water partition coefficient (Wildman–Crippen LogP) is 2.68. The second-order valence-electron chi connectivity index (χ2n) is 4.80. The molecule has 0 saturated carbocycles. The number of hydrogen-bond donors (Lipinski definition) is 2. The van der Waals surface area contributed by atoms with E-state index in [4.69, 9.17) is 0 Å². The number of amides is 1. The average Bonchev–Trinajstić information content (AvgIpc) is 2.48. The Kier molecular flexibility index (Phi) is 4.85. The Balaban J connectivity index is 1.82. The molecule has 1 unspecified atom stereocenters. The lowest BCUT2D eigenvalue weighted by Crippen LogP contribution is -2.30. The third-order valence-electron chi connectivity index (χ3n) is 3.09. The van der Waals surface area contributed by atoms with Crippen molar-refractivity contribution >= 4 is 11.6 Å². The summed E-state index contributed by atoms with van der Waals surface area (Å²) in [6.07, 6.45) is 3.54. The van der Waals surface area contributed by atoms with Crippen molar-refractivity contribution in [1.82, 2.24) is 10.3 Å². The zero-order chi connectivity index (χ0) is 14.4. The molecule has 1 amide bonds. The molecular weight excluding hydrogens is 250 g/mol. The van der Waals surface area contributed by atoms with Gasteiger partial charge in [0.05, 0.1) is 6.54 Å². The van der Waals surface area contributed by atoms with Gasteiger partial charge in [0.25, 0.3) is 0 Å². The van der Waals surface area contributed by atoms with Crippen LogP contribution in [0.4, 0.5) is 5.69 Å². The molecular formula is C16H19N3O. The van der Waals surface area contributed by atoms with Crippen LogP contribution in [-0.2, 0) is 4.79 Å². The minimum atomic E-state index is -0.0513. The Hall–Kier alpha value is -2.20. The molecule has 104 valence electrons. The molecule has 0 aliphatic rings. The van der Waals surface area contributed by atoms with E-state index >= 15 is 0 Å². The highest BCUT2D eigenvalue weighted by Crippen LogP contribution is 2.10. The molecule has 0 aliphatic heterocycles. The molecule has 0 fully saturated rings. The maximum absolute atomic E-state index is 11.8. The largest absolute Gasteiger partial charge is 0.325 e. The summed E-state index contributed by atoms with van der Waals surface area (Å²) in [5.41, 5.74) is 3.05. The van der Waals surface area contributed by atoms with Crippen LogP contribution in [0.15, 0.2) is 48.8 Å². The SMILES string of the molecule is Cc1ccc(NC(=O)CNC(C)c2cccnc2)cc1. The van der Waals surface area contributed by atoms with Gasteiger partial charge in [-0.3, -0.25) is 9.78 Å². The number of nitrogens with zero attached hydrogens (tertiary/aromatic N) is 1. The molecule has 2 aromatic rings. The Morgan fingerprint density at radius 3 is 2.65 bits per heavy atom. The lowest BCUT2D eigenvalue weighted by Gasteiger charge is -2.13. The van der Waals surface area contributed by atoms with Crippen molar-refractivity contribution in [3.63, 3.8) is 0 Å². The molecule has 2 rings (SSSR count). The van der Waals surface area contributed by atoms with E-state index in [1.54, 1.807) is 12.4 Å². The fraction of sp³-hybridized carbons (Fsp3) is 0.250. The highest BCUT2D eigenvalue weighted by molar-refractivity contribution is 5.92. The van der Waals surface area contributed by atoms with Gasteiger partial charge in [0, 0.05) is 24.1 Å². The molecule has 0 bridgehead atoms. The molecule has 4 nitrogen and oxygen atoms in total. The van der Waals surface area contributed by atoms with Crippen LogP contribution in [0.5, 0.6) is 0 Å². The summed E-state index contributed by atoms with van der Waals surface area (Å²) in [6.45, 7) is 4.29. The van der Waals surface area contributed by atoms with Gasteiger partial charge in [-0.1, -0.05) is 23.8 Å². The van der Waals surface area contributed by atoms with Crippen LogP contribution in [0.25, 0.3) is 0 Å². The first-order chi connectivity index (χ1) is 9.65. The molecule has 2 N–H and O–H groups in total. The Morgan fingerprint density at radius 1 is 1.25 bits per heavy atom. The van der Waals surface area contributed by atoms with E-state index in [1.165, 1.54) is 5.56 Å². The molecule has 1 aromatic carbocycles. The first-order valence-electron chi connectivity index (χ1n) is 6.65. The quantitative estimate of drug-likeness (QED) is 0.877. The molecule has 20 heavy (non-hydrogen) atoms. The van der Waals surface area contributed by atoms with Crippen LogP contribution in [0.1, 0.15) is 24.1 Å². The van der Waals surface area contributed by atoms with Gasteiger partial charge in [-0.25, -0.2) is 0 Å². The van der Waals surface area contributed by atoms with E-state index in [9.17, 15) is 4.79 Å². The second kappa shape index (κ2) is 6.82. The minimum absolute atomic E-state index is 0.0513. The van der Waals surface area contributed by atoms with Gasteiger partial charge in [-0.15, -0.1) is 0 Å². The Morgan fingerprint density at radius 2 is 2.00 bits per heavy atom. The van der Waals surface area contributed by atoms with Crippen LogP contribution >= 0.6 is 0 Å². The summed E-state index contributed by atoms with van der Waals surface area (Å²) in [6, 6.07) is 11.7. The van der Waals surface area contributed by atoms with Crippen LogP contribution in [0.3, 0.4) is 0 Å². The number of nitrogens with one attached hydrogen (secondary N) is 2. The molecule has 1 atom stereocenters. The normalized spacial score (nSPS) is 11.9. The number of aromatic nitrogens is 1. The van der Waals surface area contributed by atoms with Crippen molar-refractivity contribution in [3.8, 4) is 0 Å². The third kappa shape index (κ3) is 4.17. The van der Waals surface area contributed by atoms with Crippen molar-refractivity contribution in [1.29, 1.82) is 0 Å². The third-order valence-corrected chi connectivity index (χ3v) is 3.09. The lowest BCUT2D eigenvalue weighted by molar-refractivity contribution is -0.115. The topological polar surface area (TPSA) is 54.0 Å². The van der Waals surface area contributed by atoms with E-state index in [1.807, 2.05) is 50.2 Å². The lowest BCUT2D eigenvalue weighted by atomic mass is 10.1. The maximum Gasteiger partial charge on any atom is 0.238 e. The summed E-state index contributed by atoms with van der Waals surface area (Å²) >= 11 is 0. The smallest absolute Gasteiger partial charge is 0.238 e. The monoisotopic (exact) mass is 269 g/mol. The number of aryl methyl sites for hydroxylation is 1. The molecule has 4 heteroatoms. The van der Waals surface area contributed by atoms with Gasteiger partial charge in [0.2, 0.25) is 5.91 Å². The molecule has 0 aliphatic carbocycles. The Labute approximate surface area is 119 Å². The van der Waals surface area contributed by atoms with Crippen LogP contribution in [-0.4, -0.2) is 17.4 Å². The van der Waals surface area contributed by atoms with Gasteiger partial charge >= 0.3 is 0 Å². The number of carbonyl (C=O) groups is 1. The number of hydrogen-bond acceptors (Lipinski definition) is 3. The molecule has 1 aromatic heterocycles. The van der Waals surface area contributed by atoms with Crippen molar-refractivity contribution in [2.24, 2.45) is 0 Å². The van der Waals surface area contributed by atoms with E-state index in [0.29, 0.717) is 0 Å². The van der Waals surface area contributed by atoms with E-state index in [2.05, 4.69) is 15.6 Å². The summed E-state index contributed by atoms with van der Waals surface area (Å²) in [5, 5.41) is 6.04. The summed E-state index contributed by atoms with van der Waals surface area (Å²) in [4.78, 5) is 15.9. The zero-order valence-electron chi connectivity index (χ0n) is 11.8. The van der Waals surface area contributed by atoms with Gasteiger partial charge in [-0.2, -0.15) is 0 Å². The fourth-order valence-corrected chi connectivity index (χ4v) is 1.84. The van der Waals surface area contributed by atoms with E-state index in [-0.39, 0.29) is 18.5 Å². The maximum atomic E-state index is 11.8. The standard InChI is InChI=1S/C16H19N3O/c1-12-5-7-15(8-6-12)19-16(20)11-18-13(2)14-4-3-9-17-10-14/h3-10,13,18H,11H2,1-2H3,(H,19,20). The van der Waals surface area contributed by atoms with Crippen molar-refractivity contribution < 1.29 is 4.79 Å². The van der Waals surface area contributed by atoms with Crippen LogP contribution in [0.2, 0.25) is 0 Å². The highest BCUT2D eigenvalue weighted by atomic mass is 16.1. The van der Waals surface area contributed by atoms with Crippen LogP contribution < -0.4 is 10.6 Å². The average molecular weight is 269 g/mol. The van der Waals surface area contributed by atoms with Gasteiger partial charge in [0.15, 0.2) is 0 Å². The number of anilines is 1. The van der Waals surface area contributed by atoms with E-state index in [0.717, 1.165) is 11.3 Å². The van der Waals surface area contributed by atoms with Gasteiger partial charge in [0.1, 0.15) is 0 Å². The fourth-order valence-electron chi connectivity index (χ4n) is 1.84.